The third kappa shape index (κ3) is 5.54. The molecule has 4 rings (SSSR count). The standard InChI is InChI=1S/C23H40N2O3SSi/c1-19-7-9-21(10-8-19)29(26,27)24-23-13-11-20(12-14-23)17-25(18-23)15-16-28-30(5,6)22(2,3)4/h7-10,20,24H,11-18H2,1-6H3. The molecule has 5 nitrogen and oxygen atoms in total. The minimum atomic E-state index is -3.53. The molecule has 170 valence electrons. The lowest BCUT2D eigenvalue weighted by molar-refractivity contribution is 0.175. The molecule has 7 heteroatoms. The molecule has 1 aliphatic carbocycles. The van der Waals surface area contributed by atoms with E-state index >= 15 is 0 Å². The minimum Gasteiger partial charge on any atom is -0.416 e. The van der Waals surface area contributed by atoms with Gasteiger partial charge in [-0.3, -0.25) is 4.90 Å². The van der Waals surface area contributed by atoms with E-state index in [0.717, 1.165) is 57.5 Å². The van der Waals surface area contributed by atoms with Crippen LogP contribution < -0.4 is 4.72 Å². The van der Waals surface area contributed by atoms with E-state index in [-0.39, 0.29) is 10.6 Å². The highest BCUT2D eigenvalue weighted by molar-refractivity contribution is 7.89. The Kier molecular flexibility index (Phi) is 6.90. The molecular weight excluding hydrogens is 412 g/mol. The highest BCUT2D eigenvalue weighted by Crippen LogP contribution is 2.39. The van der Waals surface area contributed by atoms with Gasteiger partial charge in [-0.25, -0.2) is 13.1 Å². The molecule has 0 amide bonds. The number of rotatable bonds is 7. The van der Waals surface area contributed by atoms with Crippen LogP contribution >= 0.6 is 0 Å². The van der Waals surface area contributed by atoms with E-state index in [0.29, 0.717) is 10.8 Å². The number of aryl methyl sites for hydroxylation is 1. The maximum Gasteiger partial charge on any atom is 0.241 e. The molecule has 30 heavy (non-hydrogen) atoms. The topological polar surface area (TPSA) is 58.6 Å². The predicted molar refractivity (Wildman–Crippen MR) is 126 cm³/mol. The minimum absolute atomic E-state index is 0.204. The molecule has 2 aliphatic heterocycles. The Morgan fingerprint density at radius 3 is 2.33 bits per heavy atom. The fourth-order valence-electron chi connectivity index (χ4n) is 4.44. The summed E-state index contributed by atoms with van der Waals surface area (Å²) < 4.78 is 35.8. The first-order chi connectivity index (χ1) is 13.8. The molecule has 0 spiro atoms. The Labute approximate surface area is 184 Å². The molecule has 2 heterocycles. The van der Waals surface area contributed by atoms with Crippen molar-refractivity contribution in [3.63, 3.8) is 0 Å². The van der Waals surface area contributed by atoms with Crippen molar-refractivity contribution in [3.05, 3.63) is 29.8 Å². The molecule has 0 radical (unpaired) electrons. The smallest absolute Gasteiger partial charge is 0.241 e. The summed E-state index contributed by atoms with van der Waals surface area (Å²) in [6.07, 6.45) is 4.02. The van der Waals surface area contributed by atoms with Crippen LogP contribution in [0.3, 0.4) is 0 Å². The van der Waals surface area contributed by atoms with Crippen molar-refractivity contribution in [1.29, 1.82) is 0 Å². The first-order valence-corrected chi connectivity index (χ1v) is 15.7. The molecule has 3 aliphatic rings. The average molecular weight is 453 g/mol. The average Bonchev–Trinajstić information content (AvgIpc) is 2.89. The SMILES string of the molecule is Cc1ccc(S(=O)(=O)NC23CCC(CC2)CN(CCO[Si](C)(C)C(C)(C)C)C3)cc1. The van der Waals surface area contributed by atoms with Crippen LogP contribution in [0.5, 0.6) is 0 Å². The summed E-state index contributed by atoms with van der Waals surface area (Å²) >= 11 is 0. The van der Waals surface area contributed by atoms with Gasteiger partial charge < -0.3 is 4.43 Å². The zero-order valence-electron chi connectivity index (χ0n) is 19.6. The van der Waals surface area contributed by atoms with Gasteiger partial charge in [0.2, 0.25) is 10.0 Å². The zero-order valence-corrected chi connectivity index (χ0v) is 21.4. The molecule has 0 unspecified atom stereocenters. The Morgan fingerprint density at radius 2 is 1.77 bits per heavy atom. The molecule has 1 aromatic carbocycles. The van der Waals surface area contributed by atoms with E-state index < -0.39 is 18.3 Å². The monoisotopic (exact) mass is 452 g/mol. The Hall–Kier alpha value is -0.733. The van der Waals surface area contributed by atoms with Gasteiger partial charge >= 0.3 is 0 Å². The maximum atomic E-state index is 13.1. The third-order valence-electron chi connectivity index (χ3n) is 7.46. The van der Waals surface area contributed by atoms with Gasteiger partial charge in [0, 0.05) is 31.8 Å². The quantitative estimate of drug-likeness (QED) is 0.617. The summed E-state index contributed by atoms with van der Waals surface area (Å²) in [5, 5.41) is 0.204. The summed E-state index contributed by atoms with van der Waals surface area (Å²) in [5.74, 6) is 0.664. The lowest BCUT2D eigenvalue weighted by Crippen LogP contribution is -2.55. The number of nitrogens with zero attached hydrogens (tertiary/aromatic N) is 1. The maximum absolute atomic E-state index is 13.1. The fourth-order valence-corrected chi connectivity index (χ4v) is 6.93. The second kappa shape index (κ2) is 8.66. The number of fused-ring (bicyclic) bond motifs is 4. The molecule has 1 N–H and O–H groups in total. The van der Waals surface area contributed by atoms with Gasteiger partial charge in [-0.2, -0.15) is 0 Å². The van der Waals surface area contributed by atoms with Gasteiger partial charge in [0.15, 0.2) is 8.32 Å². The van der Waals surface area contributed by atoms with Gasteiger partial charge in [-0.15, -0.1) is 0 Å². The van der Waals surface area contributed by atoms with E-state index in [9.17, 15) is 8.42 Å². The molecule has 1 saturated carbocycles. The molecule has 1 aromatic rings. The number of benzene rings is 1. The Bertz CT molecular complexity index is 823. The lowest BCUT2D eigenvalue weighted by Gasteiger charge is -2.39. The van der Waals surface area contributed by atoms with Gasteiger partial charge in [-0.1, -0.05) is 38.5 Å². The number of sulfonamides is 1. The van der Waals surface area contributed by atoms with Gasteiger partial charge in [0.1, 0.15) is 0 Å². The Balaban J connectivity index is 1.68. The first kappa shape index (κ1) is 23.9. The van der Waals surface area contributed by atoms with Crippen LogP contribution in [0, 0.1) is 12.8 Å². The normalized spacial score (nSPS) is 26.0. The van der Waals surface area contributed by atoms with Crippen LogP contribution in [0.2, 0.25) is 18.1 Å². The highest BCUT2D eigenvalue weighted by atomic mass is 32.2. The number of nitrogens with one attached hydrogen (secondary N) is 1. The van der Waals surface area contributed by atoms with Crippen molar-refractivity contribution in [2.75, 3.05) is 26.2 Å². The van der Waals surface area contributed by atoms with Crippen LogP contribution in [0.4, 0.5) is 0 Å². The molecular formula is C23H40N2O3SSi. The van der Waals surface area contributed by atoms with E-state index in [1.807, 2.05) is 19.1 Å². The number of hydrogen-bond acceptors (Lipinski definition) is 4. The van der Waals surface area contributed by atoms with Crippen molar-refractivity contribution in [1.82, 2.24) is 9.62 Å². The fraction of sp³-hybridized carbons (Fsp3) is 0.739. The largest absolute Gasteiger partial charge is 0.416 e. The van der Waals surface area contributed by atoms with Gasteiger partial charge in [-0.05, 0) is 68.8 Å². The van der Waals surface area contributed by atoms with Crippen LogP contribution in [0.25, 0.3) is 0 Å². The summed E-state index contributed by atoms with van der Waals surface area (Å²) in [7, 11) is -5.29. The molecule has 2 saturated heterocycles. The van der Waals surface area contributed by atoms with E-state index in [1.165, 1.54) is 0 Å². The van der Waals surface area contributed by atoms with Crippen molar-refractivity contribution >= 4 is 18.3 Å². The van der Waals surface area contributed by atoms with Crippen LogP contribution in [-0.2, 0) is 14.4 Å². The van der Waals surface area contributed by atoms with E-state index in [2.05, 4.69) is 43.5 Å². The summed E-state index contributed by atoms with van der Waals surface area (Å²) in [6.45, 7) is 16.8. The number of hydrogen-bond donors (Lipinski definition) is 1. The lowest BCUT2D eigenvalue weighted by atomic mass is 9.79. The van der Waals surface area contributed by atoms with Crippen LogP contribution in [0.15, 0.2) is 29.2 Å². The first-order valence-electron chi connectivity index (χ1n) is 11.3. The zero-order chi connectivity index (χ0) is 22.2. The second-order valence-electron chi connectivity index (χ2n) is 11.0. The predicted octanol–water partition coefficient (Wildman–Crippen LogP) is 4.54. The molecule has 2 bridgehead atoms. The summed E-state index contributed by atoms with van der Waals surface area (Å²) in [6, 6.07) is 7.14. The highest BCUT2D eigenvalue weighted by Gasteiger charge is 2.44. The van der Waals surface area contributed by atoms with E-state index in [1.54, 1.807) is 12.1 Å². The van der Waals surface area contributed by atoms with Crippen molar-refractivity contribution < 1.29 is 12.8 Å². The summed E-state index contributed by atoms with van der Waals surface area (Å²) in [4.78, 5) is 2.80. The van der Waals surface area contributed by atoms with E-state index in [4.69, 9.17) is 4.43 Å². The molecule has 3 fully saturated rings. The molecule has 0 atom stereocenters. The Morgan fingerprint density at radius 1 is 1.17 bits per heavy atom. The van der Waals surface area contributed by atoms with Crippen molar-refractivity contribution in [2.24, 2.45) is 5.92 Å². The van der Waals surface area contributed by atoms with Crippen LogP contribution in [0.1, 0.15) is 52.0 Å². The van der Waals surface area contributed by atoms with Gasteiger partial charge in [0.05, 0.1) is 4.90 Å². The van der Waals surface area contributed by atoms with Gasteiger partial charge in [0.25, 0.3) is 0 Å². The van der Waals surface area contributed by atoms with Crippen LogP contribution in [-0.4, -0.2) is 53.4 Å². The molecule has 0 aromatic heterocycles. The van der Waals surface area contributed by atoms with Crippen molar-refractivity contribution in [3.8, 4) is 0 Å². The third-order valence-corrected chi connectivity index (χ3v) is 13.6. The second-order valence-corrected chi connectivity index (χ2v) is 17.5. The summed E-state index contributed by atoms with van der Waals surface area (Å²) in [5.41, 5.74) is 0.697. The van der Waals surface area contributed by atoms with Crippen molar-refractivity contribution in [2.45, 2.75) is 81.9 Å².